The first-order valence-electron chi connectivity index (χ1n) is 6.86. The number of piperidine rings is 1. The topological polar surface area (TPSA) is 49.4 Å². The molecule has 0 amide bonds. The number of sulfonamides is 1. The first-order valence-corrected chi connectivity index (χ1v) is 9.14. The second-order valence-electron chi connectivity index (χ2n) is 5.42. The van der Waals surface area contributed by atoms with Gasteiger partial charge in [0.25, 0.3) is 0 Å². The average Bonchev–Trinajstić information content (AvgIpc) is 2.37. The first kappa shape index (κ1) is 15.9. The third kappa shape index (κ3) is 3.81. The summed E-state index contributed by atoms with van der Waals surface area (Å²) >= 11 is 3.33. The van der Waals surface area contributed by atoms with Gasteiger partial charge in [-0.2, -0.15) is 0 Å². The van der Waals surface area contributed by atoms with Gasteiger partial charge >= 0.3 is 0 Å². The molecule has 0 saturated carbocycles. The summed E-state index contributed by atoms with van der Waals surface area (Å²) in [6.45, 7) is 3.45. The van der Waals surface area contributed by atoms with Crippen LogP contribution in [0.4, 0.5) is 0 Å². The van der Waals surface area contributed by atoms with Crippen molar-refractivity contribution in [3.63, 3.8) is 0 Å². The quantitative estimate of drug-likeness (QED) is 0.897. The molecule has 1 aliphatic heterocycles. The number of rotatable bonds is 4. The van der Waals surface area contributed by atoms with Crippen LogP contribution in [0.15, 0.2) is 27.6 Å². The Morgan fingerprint density at radius 2 is 2.15 bits per heavy atom. The summed E-state index contributed by atoms with van der Waals surface area (Å²) in [6.07, 6.45) is 3.42. The van der Waals surface area contributed by atoms with Crippen molar-refractivity contribution in [1.29, 1.82) is 0 Å². The fraction of sp³-hybridized carbons (Fsp3) is 0.571. The third-order valence-corrected chi connectivity index (χ3v) is 6.21. The van der Waals surface area contributed by atoms with Crippen LogP contribution >= 0.6 is 15.9 Å². The van der Waals surface area contributed by atoms with Crippen molar-refractivity contribution in [3.05, 3.63) is 28.2 Å². The van der Waals surface area contributed by atoms with E-state index in [0.29, 0.717) is 22.0 Å². The van der Waals surface area contributed by atoms with E-state index in [4.69, 9.17) is 0 Å². The smallest absolute Gasteiger partial charge is 0.241 e. The molecule has 1 atom stereocenters. The van der Waals surface area contributed by atoms with E-state index >= 15 is 0 Å². The second kappa shape index (κ2) is 6.56. The number of likely N-dealkylation sites (N-methyl/N-ethyl adjacent to an activating group) is 1. The molecule has 0 radical (unpaired) electrons. The molecule has 2 rings (SSSR count). The maximum Gasteiger partial charge on any atom is 0.241 e. The van der Waals surface area contributed by atoms with Gasteiger partial charge in [0.05, 0.1) is 4.90 Å². The van der Waals surface area contributed by atoms with Crippen LogP contribution in [-0.2, 0) is 10.0 Å². The Bertz CT molecular complexity index is 575. The maximum absolute atomic E-state index is 12.4. The number of aryl methyl sites for hydroxylation is 1. The van der Waals surface area contributed by atoms with Gasteiger partial charge in [-0.05, 0) is 67.0 Å². The highest BCUT2D eigenvalue weighted by atomic mass is 79.9. The van der Waals surface area contributed by atoms with Crippen molar-refractivity contribution in [3.8, 4) is 0 Å². The van der Waals surface area contributed by atoms with Crippen LogP contribution in [0.1, 0.15) is 24.8 Å². The lowest BCUT2D eigenvalue weighted by Crippen LogP contribution is -2.44. The summed E-state index contributed by atoms with van der Waals surface area (Å²) in [5.74, 6) is 0. The molecule has 0 spiro atoms. The fourth-order valence-corrected chi connectivity index (χ4v) is 4.77. The molecule has 20 heavy (non-hydrogen) atoms. The van der Waals surface area contributed by atoms with E-state index in [1.165, 1.54) is 12.8 Å². The third-order valence-electron chi connectivity index (χ3n) is 3.81. The van der Waals surface area contributed by atoms with Crippen molar-refractivity contribution in [1.82, 2.24) is 9.62 Å². The molecule has 1 N–H and O–H groups in total. The molecule has 1 heterocycles. The molecule has 0 aromatic heterocycles. The van der Waals surface area contributed by atoms with Gasteiger partial charge in [0.15, 0.2) is 0 Å². The van der Waals surface area contributed by atoms with Gasteiger partial charge in [-0.25, -0.2) is 13.1 Å². The number of nitrogens with zero attached hydrogens (tertiary/aromatic N) is 1. The van der Waals surface area contributed by atoms with Crippen LogP contribution in [0.2, 0.25) is 0 Å². The second-order valence-corrected chi connectivity index (χ2v) is 8.01. The predicted octanol–water partition coefficient (Wildman–Crippen LogP) is 2.52. The number of hydrogen-bond donors (Lipinski definition) is 1. The summed E-state index contributed by atoms with van der Waals surface area (Å²) < 4.78 is 28.1. The van der Waals surface area contributed by atoms with E-state index in [-0.39, 0.29) is 0 Å². The molecule has 1 saturated heterocycles. The number of halogens is 1. The fourth-order valence-electron chi connectivity index (χ4n) is 2.51. The molecule has 112 valence electrons. The highest BCUT2D eigenvalue weighted by Gasteiger charge is 2.23. The van der Waals surface area contributed by atoms with E-state index < -0.39 is 10.0 Å². The normalized spacial score (nSPS) is 21.1. The standard InChI is InChI=1S/C14H21BrN2O2S/c1-11-6-7-14(13(15)9-11)20(18,19)16-10-12-5-3-4-8-17(12)2/h6-7,9,12,16H,3-5,8,10H2,1-2H3. The molecular weight excluding hydrogens is 340 g/mol. The Morgan fingerprint density at radius 3 is 2.80 bits per heavy atom. The van der Waals surface area contributed by atoms with Gasteiger partial charge in [0.2, 0.25) is 10.0 Å². The van der Waals surface area contributed by atoms with Crippen molar-refractivity contribution < 1.29 is 8.42 Å². The summed E-state index contributed by atoms with van der Waals surface area (Å²) in [6, 6.07) is 5.57. The number of nitrogens with one attached hydrogen (secondary N) is 1. The van der Waals surface area contributed by atoms with Crippen LogP contribution in [0.25, 0.3) is 0 Å². The van der Waals surface area contributed by atoms with Gasteiger partial charge in [0.1, 0.15) is 0 Å². The Morgan fingerprint density at radius 1 is 1.40 bits per heavy atom. The van der Waals surface area contributed by atoms with Crippen LogP contribution in [0.5, 0.6) is 0 Å². The van der Waals surface area contributed by atoms with Crippen molar-refractivity contribution in [2.45, 2.75) is 37.1 Å². The van der Waals surface area contributed by atoms with Crippen LogP contribution in [0.3, 0.4) is 0 Å². The maximum atomic E-state index is 12.4. The highest BCUT2D eigenvalue weighted by molar-refractivity contribution is 9.10. The van der Waals surface area contributed by atoms with Crippen molar-refractivity contribution in [2.75, 3.05) is 20.1 Å². The molecule has 1 aromatic rings. The van der Waals surface area contributed by atoms with E-state index in [1.807, 2.05) is 19.1 Å². The lowest BCUT2D eigenvalue weighted by molar-refractivity contribution is 0.187. The monoisotopic (exact) mass is 360 g/mol. The average molecular weight is 361 g/mol. The Balaban J connectivity index is 2.07. The van der Waals surface area contributed by atoms with E-state index in [9.17, 15) is 8.42 Å². The van der Waals surface area contributed by atoms with Crippen molar-refractivity contribution in [2.24, 2.45) is 0 Å². The van der Waals surface area contributed by atoms with E-state index in [1.54, 1.807) is 6.07 Å². The van der Waals surface area contributed by atoms with Crippen LogP contribution in [0, 0.1) is 6.92 Å². The summed E-state index contributed by atoms with van der Waals surface area (Å²) in [7, 11) is -1.40. The van der Waals surface area contributed by atoms with Gasteiger partial charge < -0.3 is 4.90 Å². The predicted molar refractivity (Wildman–Crippen MR) is 84.3 cm³/mol. The summed E-state index contributed by atoms with van der Waals surface area (Å²) in [4.78, 5) is 2.54. The molecule has 1 aliphatic rings. The lowest BCUT2D eigenvalue weighted by atomic mass is 10.0. The van der Waals surface area contributed by atoms with Gasteiger partial charge in [0, 0.05) is 17.1 Å². The van der Waals surface area contributed by atoms with Gasteiger partial charge in [-0.1, -0.05) is 12.5 Å². The molecule has 1 unspecified atom stereocenters. The molecule has 4 nitrogen and oxygen atoms in total. The Hall–Kier alpha value is -0.430. The molecule has 0 bridgehead atoms. The Labute approximate surface area is 129 Å². The highest BCUT2D eigenvalue weighted by Crippen LogP contribution is 2.23. The zero-order chi connectivity index (χ0) is 14.8. The van der Waals surface area contributed by atoms with E-state index in [2.05, 4.69) is 32.6 Å². The number of benzene rings is 1. The van der Waals surface area contributed by atoms with Gasteiger partial charge in [-0.3, -0.25) is 0 Å². The minimum absolute atomic E-state index is 0.294. The number of likely N-dealkylation sites (tertiary alicyclic amines) is 1. The summed E-state index contributed by atoms with van der Waals surface area (Å²) in [5.41, 5.74) is 1.03. The molecule has 0 aliphatic carbocycles. The molecule has 6 heteroatoms. The minimum atomic E-state index is -3.45. The number of hydrogen-bond acceptors (Lipinski definition) is 3. The SMILES string of the molecule is Cc1ccc(S(=O)(=O)NCC2CCCCN2C)c(Br)c1. The minimum Gasteiger partial charge on any atom is -0.302 e. The summed E-state index contributed by atoms with van der Waals surface area (Å²) in [5, 5.41) is 0. The van der Waals surface area contributed by atoms with E-state index in [0.717, 1.165) is 18.5 Å². The zero-order valence-electron chi connectivity index (χ0n) is 11.9. The van der Waals surface area contributed by atoms with Crippen molar-refractivity contribution >= 4 is 26.0 Å². The first-order chi connectivity index (χ1) is 9.40. The van der Waals surface area contributed by atoms with Gasteiger partial charge in [-0.15, -0.1) is 0 Å². The largest absolute Gasteiger partial charge is 0.302 e. The lowest BCUT2D eigenvalue weighted by Gasteiger charge is -2.32. The molecular formula is C14H21BrN2O2S. The van der Waals surface area contributed by atoms with Crippen LogP contribution < -0.4 is 4.72 Å². The Kier molecular flexibility index (Phi) is 5.23. The van der Waals surface area contributed by atoms with Crippen LogP contribution in [-0.4, -0.2) is 39.5 Å². The molecule has 1 aromatic carbocycles. The zero-order valence-corrected chi connectivity index (χ0v) is 14.3. The molecule has 1 fully saturated rings.